The molecule has 0 aromatic heterocycles. The summed E-state index contributed by atoms with van der Waals surface area (Å²) in [5.41, 5.74) is 10.1. The second-order valence-corrected chi connectivity index (χ2v) is 17.5. The zero-order valence-corrected chi connectivity index (χ0v) is 36.1. The molecule has 15 heteroatoms. The minimum atomic E-state index is -2.53. The molecule has 4 rings (SSSR count). The molecule has 3 heterocycles. The fraction of sp³-hybridized carbons (Fsp3) is 0.814. The monoisotopic (exact) mass is 816 g/mol. The number of allylic oxidation sites excluding steroid dienone is 2. The lowest BCUT2D eigenvalue weighted by Gasteiger charge is -2.47. The number of ketones is 2. The van der Waals surface area contributed by atoms with Crippen molar-refractivity contribution in [3.8, 4) is 0 Å². The van der Waals surface area contributed by atoms with E-state index < -0.39 is 83.3 Å². The molecule has 4 aliphatic rings. The van der Waals surface area contributed by atoms with E-state index in [2.05, 4.69) is 10.0 Å². The molecule has 3 aliphatic heterocycles. The molecule has 1 aliphatic carbocycles. The van der Waals surface area contributed by atoms with E-state index in [1.807, 2.05) is 26.8 Å². The third-order valence-electron chi connectivity index (χ3n) is 13.1. The standard InChI is InChI=1S/C43H68N4O11/c1-10-30-19-25(2)18-26(3)20-35(55-8)38-36(56-9)21-28(5)43(53,58-38)39(50)40(51)47-17-12-11-15-32(47)41(52)57-37(29(6)33(48)22-34(30)49)27(4)23-42(45-46-44)16-13-14-31(24-42)54-7/h19,23,26,28-33,35-38,48,53H,10-18,20-22,24H2,1-9H3. The molecule has 2 bridgehead atoms. The SMILES string of the molecule is CCC1C=C(C)CC(C)CC(OC)C2OC(O)(C(=O)C(=O)N3CCCCC3C(=O)OC(C(C)=CC3(N=[N+]=[N-])CCCC(OC)C3)C(C)C(O)CC1=O)C(C)CC2OC. The van der Waals surface area contributed by atoms with Gasteiger partial charge in [0.05, 0.1) is 30.0 Å². The Hall–Kier alpha value is -3.17. The molecule has 2 saturated heterocycles. The summed E-state index contributed by atoms with van der Waals surface area (Å²) in [5.74, 6) is -7.84. The number of carbonyl (C=O) groups excluding carboxylic acids is 4. The van der Waals surface area contributed by atoms with Crippen LogP contribution in [-0.2, 0) is 42.9 Å². The van der Waals surface area contributed by atoms with Crippen molar-refractivity contribution < 1.29 is 53.1 Å². The highest BCUT2D eigenvalue weighted by molar-refractivity contribution is 6.39. The maximum absolute atomic E-state index is 14.4. The first kappa shape index (κ1) is 47.5. The molecule has 15 nitrogen and oxygen atoms in total. The van der Waals surface area contributed by atoms with Crippen LogP contribution in [0.15, 0.2) is 28.4 Å². The maximum atomic E-state index is 14.4. The number of carbonyl (C=O) groups is 4. The van der Waals surface area contributed by atoms with Crippen LogP contribution in [0.25, 0.3) is 10.4 Å². The van der Waals surface area contributed by atoms with Gasteiger partial charge in [-0.25, -0.2) is 4.79 Å². The summed E-state index contributed by atoms with van der Waals surface area (Å²) in [4.78, 5) is 61.1. The molecule has 13 atom stereocenters. The summed E-state index contributed by atoms with van der Waals surface area (Å²) < 4.78 is 29.9. The lowest BCUT2D eigenvalue weighted by molar-refractivity contribution is -0.302. The van der Waals surface area contributed by atoms with Crippen LogP contribution < -0.4 is 0 Å². The van der Waals surface area contributed by atoms with E-state index in [0.29, 0.717) is 50.5 Å². The summed E-state index contributed by atoms with van der Waals surface area (Å²) in [5, 5.41) is 28.0. The van der Waals surface area contributed by atoms with Gasteiger partial charge >= 0.3 is 5.97 Å². The van der Waals surface area contributed by atoms with Gasteiger partial charge in [0.25, 0.3) is 11.7 Å². The predicted octanol–water partition coefficient (Wildman–Crippen LogP) is 5.94. The summed E-state index contributed by atoms with van der Waals surface area (Å²) in [6.07, 6.45) is 4.44. The van der Waals surface area contributed by atoms with Gasteiger partial charge in [-0.2, -0.15) is 0 Å². The molecular formula is C43H68N4O11. The fourth-order valence-corrected chi connectivity index (χ4v) is 9.66. The van der Waals surface area contributed by atoms with Gasteiger partial charge < -0.3 is 38.8 Å². The number of aliphatic hydroxyl groups is 2. The fourth-order valence-electron chi connectivity index (χ4n) is 9.66. The van der Waals surface area contributed by atoms with Gasteiger partial charge in [0, 0.05) is 57.0 Å². The number of azide groups is 1. The van der Waals surface area contributed by atoms with E-state index >= 15 is 0 Å². The van der Waals surface area contributed by atoms with E-state index in [1.165, 1.54) is 14.2 Å². The van der Waals surface area contributed by atoms with Crippen molar-refractivity contribution in [2.75, 3.05) is 27.9 Å². The Morgan fingerprint density at radius 1 is 1.03 bits per heavy atom. The molecule has 1 saturated carbocycles. The number of hydrogen-bond donors (Lipinski definition) is 2. The Labute approximate surface area is 343 Å². The number of ether oxygens (including phenoxy) is 5. The number of cyclic esters (lactones) is 1. The maximum Gasteiger partial charge on any atom is 0.329 e. The second-order valence-electron chi connectivity index (χ2n) is 17.5. The highest BCUT2D eigenvalue weighted by atomic mass is 16.7. The average molecular weight is 817 g/mol. The number of nitrogens with zero attached hydrogens (tertiary/aromatic N) is 4. The highest BCUT2D eigenvalue weighted by Gasteiger charge is 2.56. The van der Waals surface area contributed by atoms with Crippen LogP contribution in [0.5, 0.6) is 0 Å². The Morgan fingerprint density at radius 2 is 1.72 bits per heavy atom. The number of methoxy groups -OCH3 is 3. The predicted molar refractivity (Wildman–Crippen MR) is 215 cm³/mol. The average Bonchev–Trinajstić information content (AvgIpc) is 3.20. The van der Waals surface area contributed by atoms with E-state index in [1.54, 1.807) is 34.0 Å². The molecule has 3 fully saturated rings. The number of aliphatic hydroxyl groups excluding tert-OH is 1. The first-order valence-electron chi connectivity index (χ1n) is 21.2. The van der Waals surface area contributed by atoms with Gasteiger partial charge in [0.2, 0.25) is 5.79 Å². The van der Waals surface area contributed by atoms with Gasteiger partial charge in [-0.3, -0.25) is 14.4 Å². The smallest absolute Gasteiger partial charge is 0.329 e. The summed E-state index contributed by atoms with van der Waals surface area (Å²) in [6, 6.07) is -1.19. The quantitative estimate of drug-likeness (QED) is 0.0768. The lowest BCUT2D eigenvalue weighted by Crippen LogP contribution is -2.64. The number of esters is 1. The zero-order chi connectivity index (χ0) is 42.9. The van der Waals surface area contributed by atoms with Gasteiger partial charge in [0.1, 0.15) is 24.0 Å². The van der Waals surface area contributed by atoms with Gasteiger partial charge in [-0.15, -0.1) is 0 Å². The van der Waals surface area contributed by atoms with Crippen molar-refractivity contribution >= 4 is 23.4 Å². The number of Topliss-reactive ketones (excluding diaryl/α,β-unsaturated/α-hetero) is 2. The van der Waals surface area contributed by atoms with E-state index in [-0.39, 0.29) is 43.6 Å². The van der Waals surface area contributed by atoms with Gasteiger partial charge in [-0.05, 0) is 101 Å². The zero-order valence-electron chi connectivity index (χ0n) is 36.1. The van der Waals surface area contributed by atoms with Crippen LogP contribution in [0, 0.1) is 23.7 Å². The number of hydrogen-bond acceptors (Lipinski definition) is 12. The molecule has 0 spiro atoms. The molecule has 58 heavy (non-hydrogen) atoms. The Balaban J connectivity index is 1.82. The van der Waals surface area contributed by atoms with Crippen molar-refractivity contribution in [2.45, 2.75) is 173 Å². The topological polar surface area (TPSA) is 207 Å². The molecular weight excluding hydrogens is 748 g/mol. The summed E-state index contributed by atoms with van der Waals surface area (Å²) in [6.45, 7) is 11.0. The van der Waals surface area contributed by atoms with Crippen molar-refractivity contribution in [3.63, 3.8) is 0 Å². The van der Waals surface area contributed by atoms with Crippen molar-refractivity contribution in [2.24, 2.45) is 28.8 Å². The molecule has 0 aromatic carbocycles. The minimum Gasteiger partial charge on any atom is -0.456 e. The third-order valence-corrected chi connectivity index (χ3v) is 13.1. The van der Waals surface area contributed by atoms with Crippen LogP contribution in [0.2, 0.25) is 0 Å². The molecule has 1 amide bonds. The van der Waals surface area contributed by atoms with Crippen LogP contribution >= 0.6 is 0 Å². The Kier molecular flexibility index (Phi) is 17.1. The minimum absolute atomic E-state index is 0.0178. The van der Waals surface area contributed by atoms with E-state index in [9.17, 15) is 34.9 Å². The Morgan fingerprint density at radius 3 is 2.36 bits per heavy atom. The first-order valence-corrected chi connectivity index (χ1v) is 21.2. The van der Waals surface area contributed by atoms with E-state index in [0.717, 1.165) is 23.3 Å². The molecule has 13 unspecified atom stereocenters. The second kappa shape index (κ2) is 20.9. The lowest BCUT2D eigenvalue weighted by atomic mass is 9.78. The Bertz CT molecular complexity index is 1580. The van der Waals surface area contributed by atoms with Crippen molar-refractivity contribution in [1.29, 1.82) is 0 Å². The molecule has 0 aromatic rings. The number of rotatable bonds is 7. The number of fused-ring (bicyclic) bond motifs is 3. The summed E-state index contributed by atoms with van der Waals surface area (Å²) >= 11 is 0. The largest absolute Gasteiger partial charge is 0.456 e. The van der Waals surface area contributed by atoms with Crippen LogP contribution in [0.1, 0.15) is 119 Å². The van der Waals surface area contributed by atoms with Crippen molar-refractivity contribution in [1.82, 2.24) is 4.90 Å². The number of amides is 1. The number of piperidine rings is 1. The normalized spacial score (nSPS) is 39.4. The molecule has 326 valence electrons. The molecule has 0 radical (unpaired) electrons. The highest BCUT2D eigenvalue weighted by Crippen LogP contribution is 2.40. The first-order chi connectivity index (χ1) is 27.5. The van der Waals surface area contributed by atoms with Gasteiger partial charge in [-0.1, -0.05) is 50.5 Å². The van der Waals surface area contributed by atoms with Crippen LogP contribution in [0.4, 0.5) is 0 Å². The van der Waals surface area contributed by atoms with E-state index in [4.69, 9.17) is 23.7 Å². The van der Waals surface area contributed by atoms with Crippen LogP contribution in [-0.4, -0.2) is 120 Å². The van der Waals surface area contributed by atoms with Crippen molar-refractivity contribution in [3.05, 3.63) is 33.7 Å². The van der Waals surface area contributed by atoms with Gasteiger partial charge in [0.15, 0.2) is 0 Å². The third kappa shape index (κ3) is 11.0. The summed E-state index contributed by atoms with van der Waals surface area (Å²) in [7, 11) is 4.65. The molecule has 2 N–H and O–H groups in total. The van der Waals surface area contributed by atoms with Crippen LogP contribution in [0.3, 0.4) is 0 Å².